The van der Waals surface area contributed by atoms with Gasteiger partial charge in [0.15, 0.2) is 0 Å². The molecule has 0 radical (unpaired) electrons. The van der Waals surface area contributed by atoms with Crippen LogP contribution in [0, 0.1) is 5.92 Å². The van der Waals surface area contributed by atoms with Crippen LogP contribution in [0.5, 0.6) is 0 Å². The average molecular weight is 254 g/mol. The Balaban J connectivity index is 1.50. The van der Waals surface area contributed by atoms with Crippen LogP contribution < -0.4 is 5.32 Å². The van der Waals surface area contributed by atoms with Crippen molar-refractivity contribution in [1.82, 2.24) is 10.2 Å². The third-order valence-corrected chi connectivity index (χ3v) is 5.34. The lowest BCUT2D eigenvalue weighted by atomic mass is 9.89. The van der Waals surface area contributed by atoms with Gasteiger partial charge in [-0.25, -0.2) is 0 Å². The molecule has 3 aliphatic heterocycles. The third-order valence-electron chi connectivity index (χ3n) is 4.40. The van der Waals surface area contributed by atoms with Crippen molar-refractivity contribution in [3.8, 4) is 0 Å². The number of carbonyl (C=O) groups excluding carboxylic acids is 1. The van der Waals surface area contributed by atoms with Crippen molar-refractivity contribution < 1.29 is 4.79 Å². The van der Waals surface area contributed by atoms with E-state index in [9.17, 15) is 4.79 Å². The van der Waals surface area contributed by atoms with E-state index in [0.29, 0.717) is 23.9 Å². The minimum Gasteiger partial charge on any atom is -0.341 e. The summed E-state index contributed by atoms with van der Waals surface area (Å²) in [6.45, 7) is 1.95. The molecule has 0 aromatic heterocycles. The molecule has 0 spiro atoms. The molecule has 3 rings (SSSR count). The summed E-state index contributed by atoms with van der Waals surface area (Å²) in [5.74, 6) is 3.32. The molecule has 3 saturated heterocycles. The van der Waals surface area contributed by atoms with E-state index in [-0.39, 0.29) is 0 Å². The molecule has 96 valence electrons. The molecule has 2 unspecified atom stereocenters. The van der Waals surface area contributed by atoms with Gasteiger partial charge in [-0.15, -0.1) is 0 Å². The fourth-order valence-corrected chi connectivity index (χ4v) is 4.43. The van der Waals surface area contributed by atoms with Gasteiger partial charge < -0.3 is 10.2 Å². The molecule has 4 heteroatoms. The fourth-order valence-electron chi connectivity index (χ4n) is 3.53. The lowest BCUT2D eigenvalue weighted by Crippen LogP contribution is -2.42. The Kier molecular flexibility index (Phi) is 3.61. The molecule has 3 nitrogen and oxygen atoms in total. The van der Waals surface area contributed by atoms with Gasteiger partial charge in [0.1, 0.15) is 0 Å². The molecular weight excluding hydrogens is 232 g/mol. The monoisotopic (exact) mass is 254 g/mol. The van der Waals surface area contributed by atoms with E-state index in [1.54, 1.807) is 0 Å². The zero-order chi connectivity index (χ0) is 11.7. The Labute approximate surface area is 108 Å². The largest absolute Gasteiger partial charge is 0.341 e. The summed E-state index contributed by atoms with van der Waals surface area (Å²) in [7, 11) is 0. The number of carbonyl (C=O) groups is 1. The molecule has 3 heterocycles. The van der Waals surface area contributed by atoms with Crippen molar-refractivity contribution in [2.24, 2.45) is 5.92 Å². The highest BCUT2D eigenvalue weighted by Gasteiger charge is 2.34. The first-order valence-electron chi connectivity index (χ1n) is 6.93. The molecular formula is C13H22N2OS. The standard InChI is InChI=1S/C13H22N2OS/c16-13(15-3-5-17-6-4-15)9-10-7-11-1-2-12(8-10)14-11/h10-12,14H,1-9H2. The Hall–Kier alpha value is -0.220. The topological polar surface area (TPSA) is 32.3 Å². The van der Waals surface area contributed by atoms with E-state index >= 15 is 0 Å². The van der Waals surface area contributed by atoms with Crippen LogP contribution in [-0.4, -0.2) is 47.5 Å². The predicted molar refractivity (Wildman–Crippen MR) is 71.2 cm³/mol. The molecule has 3 aliphatic rings. The lowest BCUT2D eigenvalue weighted by Gasteiger charge is -2.32. The summed E-state index contributed by atoms with van der Waals surface area (Å²) in [6.07, 6.45) is 5.92. The van der Waals surface area contributed by atoms with Crippen molar-refractivity contribution in [2.45, 2.75) is 44.2 Å². The van der Waals surface area contributed by atoms with Gasteiger partial charge in [0.05, 0.1) is 0 Å². The minimum absolute atomic E-state index is 0.414. The highest BCUT2D eigenvalue weighted by molar-refractivity contribution is 7.99. The number of rotatable bonds is 2. The fraction of sp³-hybridized carbons (Fsp3) is 0.923. The number of hydrogen-bond acceptors (Lipinski definition) is 3. The first-order chi connectivity index (χ1) is 8.31. The van der Waals surface area contributed by atoms with Crippen LogP contribution >= 0.6 is 11.8 Å². The maximum atomic E-state index is 12.2. The Morgan fingerprint density at radius 2 is 1.82 bits per heavy atom. The van der Waals surface area contributed by atoms with Gasteiger partial charge in [0, 0.05) is 43.1 Å². The number of fused-ring (bicyclic) bond motifs is 2. The molecule has 0 saturated carbocycles. The number of amides is 1. The second-order valence-corrected chi connectivity index (χ2v) is 6.90. The van der Waals surface area contributed by atoms with Crippen LogP contribution in [0.4, 0.5) is 0 Å². The predicted octanol–water partition coefficient (Wildman–Crippen LogP) is 1.48. The Morgan fingerprint density at radius 3 is 2.47 bits per heavy atom. The first kappa shape index (κ1) is 11.8. The van der Waals surface area contributed by atoms with Crippen LogP contribution in [0.1, 0.15) is 32.1 Å². The quantitative estimate of drug-likeness (QED) is 0.810. The van der Waals surface area contributed by atoms with Gasteiger partial charge in [0.2, 0.25) is 5.91 Å². The first-order valence-corrected chi connectivity index (χ1v) is 8.08. The Bertz CT molecular complexity index is 279. The van der Waals surface area contributed by atoms with E-state index in [2.05, 4.69) is 10.2 Å². The molecule has 1 N–H and O–H groups in total. The highest BCUT2D eigenvalue weighted by Crippen LogP contribution is 2.33. The smallest absolute Gasteiger partial charge is 0.222 e. The van der Waals surface area contributed by atoms with Crippen molar-refractivity contribution in [1.29, 1.82) is 0 Å². The molecule has 2 bridgehead atoms. The van der Waals surface area contributed by atoms with Crippen LogP contribution in [0.2, 0.25) is 0 Å². The second-order valence-electron chi connectivity index (χ2n) is 5.67. The summed E-state index contributed by atoms with van der Waals surface area (Å²) in [4.78, 5) is 14.3. The summed E-state index contributed by atoms with van der Waals surface area (Å²) in [5, 5.41) is 3.64. The zero-order valence-corrected chi connectivity index (χ0v) is 11.2. The number of piperidine rings is 1. The maximum absolute atomic E-state index is 12.2. The molecule has 1 amide bonds. The van der Waals surface area contributed by atoms with Gasteiger partial charge in [0.25, 0.3) is 0 Å². The van der Waals surface area contributed by atoms with Crippen LogP contribution in [0.15, 0.2) is 0 Å². The molecule has 2 atom stereocenters. The average Bonchev–Trinajstić information content (AvgIpc) is 2.70. The van der Waals surface area contributed by atoms with Gasteiger partial charge >= 0.3 is 0 Å². The van der Waals surface area contributed by atoms with Crippen molar-refractivity contribution in [3.63, 3.8) is 0 Å². The van der Waals surface area contributed by atoms with Gasteiger partial charge in [-0.2, -0.15) is 11.8 Å². The number of nitrogens with one attached hydrogen (secondary N) is 1. The summed E-state index contributed by atoms with van der Waals surface area (Å²) in [5.41, 5.74) is 0. The molecule has 3 fully saturated rings. The van der Waals surface area contributed by atoms with Crippen LogP contribution in [0.25, 0.3) is 0 Å². The van der Waals surface area contributed by atoms with Gasteiger partial charge in [-0.1, -0.05) is 0 Å². The lowest BCUT2D eigenvalue weighted by molar-refractivity contribution is -0.132. The van der Waals surface area contributed by atoms with E-state index in [1.165, 1.54) is 25.7 Å². The number of hydrogen-bond donors (Lipinski definition) is 1. The van der Waals surface area contributed by atoms with Crippen LogP contribution in [0.3, 0.4) is 0 Å². The summed E-state index contributed by atoms with van der Waals surface area (Å²) < 4.78 is 0. The van der Waals surface area contributed by atoms with Gasteiger partial charge in [-0.3, -0.25) is 4.79 Å². The van der Waals surface area contributed by atoms with E-state index in [4.69, 9.17) is 0 Å². The number of nitrogens with zero attached hydrogens (tertiary/aromatic N) is 1. The van der Waals surface area contributed by atoms with Crippen molar-refractivity contribution >= 4 is 17.7 Å². The molecule has 17 heavy (non-hydrogen) atoms. The highest BCUT2D eigenvalue weighted by atomic mass is 32.2. The molecule has 0 aliphatic carbocycles. The Morgan fingerprint density at radius 1 is 1.18 bits per heavy atom. The number of thioether (sulfide) groups is 1. The summed E-state index contributed by atoms with van der Waals surface area (Å²) in [6, 6.07) is 1.42. The van der Waals surface area contributed by atoms with E-state index in [0.717, 1.165) is 31.0 Å². The molecule has 0 aromatic rings. The zero-order valence-electron chi connectivity index (χ0n) is 10.4. The SMILES string of the molecule is O=C(CC1CC2CCC(C1)N2)N1CCSCC1. The normalized spacial score (nSPS) is 37.2. The minimum atomic E-state index is 0.414. The van der Waals surface area contributed by atoms with Crippen LogP contribution in [-0.2, 0) is 4.79 Å². The summed E-state index contributed by atoms with van der Waals surface area (Å²) >= 11 is 1.97. The van der Waals surface area contributed by atoms with Gasteiger partial charge in [-0.05, 0) is 31.6 Å². The van der Waals surface area contributed by atoms with Crippen molar-refractivity contribution in [3.05, 3.63) is 0 Å². The van der Waals surface area contributed by atoms with E-state index in [1.807, 2.05) is 11.8 Å². The van der Waals surface area contributed by atoms with E-state index < -0.39 is 0 Å². The van der Waals surface area contributed by atoms with Crippen molar-refractivity contribution in [2.75, 3.05) is 24.6 Å². The third kappa shape index (κ3) is 2.79. The molecule has 0 aromatic carbocycles. The second kappa shape index (κ2) is 5.19. The maximum Gasteiger partial charge on any atom is 0.222 e.